The molecular weight excluding hydrogens is 290 g/mol. The molecule has 0 spiro atoms. The van der Waals surface area contributed by atoms with E-state index in [2.05, 4.69) is 25.2 Å². The third-order valence-electron chi connectivity index (χ3n) is 3.11. The summed E-state index contributed by atoms with van der Waals surface area (Å²) in [5.41, 5.74) is 2.36. The molecule has 0 amide bonds. The van der Waals surface area contributed by atoms with E-state index in [-0.39, 0.29) is 11.6 Å². The summed E-state index contributed by atoms with van der Waals surface area (Å²) in [5.74, 6) is 0. The van der Waals surface area contributed by atoms with E-state index >= 15 is 0 Å². The Hall–Kier alpha value is -1.77. The van der Waals surface area contributed by atoms with Crippen LogP contribution in [-0.2, 0) is 29.5 Å². The van der Waals surface area contributed by atoms with Crippen LogP contribution in [0.3, 0.4) is 0 Å². The molecule has 0 bridgehead atoms. The van der Waals surface area contributed by atoms with E-state index in [1.54, 1.807) is 13.2 Å². The highest BCUT2D eigenvalue weighted by Gasteiger charge is 2.20. The van der Waals surface area contributed by atoms with Gasteiger partial charge < -0.3 is 5.32 Å². The Labute approximate surface area is 124 Å². The minimum Gasteiger partial charge on any atom is -0.316 e. The maximum absolute atomic E-state index is 12.3. The predicted molar refractivity (Wildman–Crippen MR) is 79.0 cm³/mol. The fourth-order valence-electron chi connectivity index (χ4n) is 2.04. The van der Waals surface area contributed by atoms with Gasteiger partial charge in [0.15, 0.2) is 5.03 Å². The summed E-state index contributed by atoms with van der Waals surface area (Å²) in [7, 11) is -1.89. The average Bonchev–Trinajstić information content (AvgIpc) is 2.95. The summed E-state index contributed by atoms with van der Waals surface area (Å²) < 4.78 is 27.2. The van der Waals surface area contributed by atoms with Crippen molar-refractivity contribution in [1.29, 1.82) is 0 Å². The van der Waals surface area contributed by atoms with Crippen LogP contribution in [0, 0.1) is 0 Å². The van der Waals surface area contributed by atoms with Gasteiger partial charge in [0.25, 0.3) is 10.0 Å². The Morgan fingerprint density at radius 2 is 2.10 bits per heavy atom. The van der Waals surface area contributed by atoms with Crippen LogP contribution in [0.2, 0.25) is 0 Å². The van der Waals surface area contributed by atoms with Crippen LogP contribution in [0.15, 0.2) is 29.6 Å². The third kappa shape index (κ3) is 3.66. The summed E-state index contributed by atoms with van der Waals surface area (Å²) in [6, 6.07) is 3.79. The molecule has 8 heteroatoms. The van der Waals surface area contributed by atoms with Crippen LogP contribution >= 0.6 is 0 Å². The van der Waals surface area contributed by atoms with Gasteiger partial charge in [-0.3, -0.25) is 10.1 Å². The van der Waals surface area contributed by atoms with Gasteiger partial charge in [0.05, 0.1) is 18.4 Å². The zero-order valence-corrected chi connectivity index (χ0v) is 12.9. The lowest BCUT2D eigenvalue weighted by Gasteiger charge is -2.09. The van der Waals surface area contributed by atoms with Gasteiger partial charge in [0.1, 0.15) is 0 Å². The molecule has 0 saturated carbocycles. The standard InChI is InChI=1S/C13H19N5O2S/c1-3-10-5-4-6-15-12(10)9-17-21(19,20)13-11(7-14-2)8-16-18-13/h4-6,8,14,17H,3,7,9H2,1-2H3,(H,16,18). The predicted octanol–water partition coefficient (Wildman–Crippen LogP) is 0.565. The minimum absolute atomic E-state index is 0.0887. The van der Waals surface area contributed by atoms with E-state index in [4.69, 9.17) is 0 Å². The molecule has 2 rings (SSSR count). The Balaban J connectivity index is 2.16. The number of nitrogens with zero attached hydrogens (tertiary/aromatic N) is 2. The quantitative estimate of drug-likeness (QED) is 0.694. The van der Waals surface area contributed by atoms with Gasteiger partial charge in [-0.2, -0.15) is 5.10 Å². The van der Waals surface area contributed by atoms with Crippen molar-refractivity contribution in [3.05, 3.63) is 41.3 Å². The van der Waals surface area contributed by atoms with Crippen molar-refractivity contribution >= 4 is 10.0 Å². The van der Waals surface area contributed by atoms with Crippen LogP contribution in [0.1, 0.15) is 23.7 Å². The first-order chi connectivity index (χ1) is 10.1. The molecule has 0 aliphatic heterocycles. The SMILES string of the molecule is CCc1cccnc1CNS(=O)(=O)c1[nH]ncc1CNC. The zero-order chi connectivity index (χ0) is 15.3. The Kier molecular flexibility index (Phi) is 5.05. The first-order valence-corrected chi connectivity index (χ1v) is 8.16. The van der Waals surface area contributed by atoms with Crippen LogP contribution in [0.25, 0.3) is 0 Å². The fraction of sp³-hybridized carbons (Fsp3) is 0.385. The molecule has 2 aromatic heterocycles. The Morgan fingerprint density at radius 1 is 1.29 bits per heavy atom. The first kappa shape index (κ1) is 15.6. The lowest BCUT2D eigenvalue weighted by Crippen LogP contribution is -2.26. The molecule has 2 heterocycles. The molecule has 21 heavy (non-hydrogen) atoms. The number of hydrogen-bond donors (Lipinski definition) is 3. The smallest absolute Gasteiger partial charge is 0.258 e. The highest BCUT2D eigenvalue weighted by molar-refractivity contribution is 7.89. The van der Waals surface area contributed by atoms with Crippen molar-refractivity contribution < 1.29 is 8.42 Å². The summed E-state index contributed by atoms with van der Waals surface area (Å²) in [6.07, 6.45) is 3.97. The summed E-state index contributed by atoms with van der Waals surface area (Å²) >= 11 is 0. The van der Waals surface area contributed by atoms with E-state index in [1.165, 1.54) is 6.20 Å². The van der Waals surface area contributed by atoms with Crippen molar-refractivity contribution in [2.45, 2.75) is 31.5 Å². The van der Waals surface area contributed by atoms with Crippen LogP contribution in [-0.4, -0.2) is 30.6 Å². The second kappa shape index (κ2) is 6.79. The number of pyridine rings is 1. The molecule has 3 N–H and O–H groups in total. The van der Waals surface area contributed by atoms with Crippen molar-refractivity contribution in [1.82, 2.24) is 25.2 Å². The third-order valence-corrected chi connectivity index (χ3v) is 4.52. The Bertz CT molecular complexity index is 696. The highest BCUT2D eigenvalue weighted by atomic mass is 32.2. The molecule has 0 radical (unpaired) electrons. The molecule has 0 atom stereocenters. The van der Waals surface area contributed by atoms with Crippen LogP contribution in [0.4, 0.5) is 0 Å². The van der Waals surface area contributed by atoms with E-state index in [1.807, 2.05) is 19.1 Å². The zero-order valence-electron chi connectivity index (χ0n) is 12.0. The lowest BCUT2D eigenvalue weighted by atomic mass is 10.1. The maximum Gasteiger partial charge on any atom is 0.258 e. The van der Waals surface area contributed by atoms with E-state index in [0.717, 1.165) is 17.7 Å². The van der Waals surface area contributed by atoms with Gasteiger partial charge in [-0.05, 0) is 25.1 Å². The molecule has 0 aliphatic carbocycles. The molecule has 0 aliphatic rings. The minimum atomic E-state index is -3.64. The Morgan fingerprint density at radius 3 is 2.81 bits per heavy atom. The molecule has 0 aromatic carbocycles. The van der Waals surface area contributed by atoms with Gasteiger partial charge in [0.2, 0.25) is 0 Å². The van der Waals surface area contributed by atoms with Gasteiger partial charge in [-0.25, -0.2) is 13.1 Å². The van der Waals surface area contributed by atoms with Crippen LogP contribution < -0.4 is 10.0 Å². The second-order valence-corrected chi connectivity index (χ2v) is 6.25. The number of nitrogens with one attached hydrogen (secondary N) is 3. The van der Waals surface area contributed by atoms with Crippen LogP contribution in [0.5, 0.6) is 0 Å². The van der Waals surface area contributed by atoms with E-state index in [0.29, 0.717) is 12.1 Å². The molecule has 0 unspecified atom stereocenters. The molecule has 2 aromatic rings. The molecule has 0 fully saturated rings. The lowest BCUT2D eigenvalue weighted by molar-refractivity contribution is 0.573. The summed E-state index contributed by atoms with van der Waals surface area (Å²) in [5, 5.41) is 9.33. The number of rotatable bonds is 7. The summed E-state index contributed by atoms with van der Waals surface area (Å²) in [4.78, 5) is 4.23. The number of sulfonamides is 1. The van der Waals surface area contributed by atoms with Crippen molar-refractivity contribution in [2.75, 3.05) is 7.05 Å². The molecule has 114 valence electrons. The van der Waals surface area contributed by atoms with E-state index in [9.17, 15) is 8.42 Å². The number of hydrogen-bond acceptors (Lipinski definition) is 5. The number of H-pyrrole nitrogens is 1. The monoisotopic (exact) mass is 309 g/mol. The highest BCUT2D eigenvalue weighted by Crippen LogP contribution is 2.13. The number of aromatic nitrogens is 3. The maximum atomic E-state index is 12.3. The van der Waals surface area contributed by atoms with Crippen molar-refractivity contribution in [3.63, 3.8) is 0 Å². The fourth-order valence-corrected chi connectivity index (χ4v) is 3.15. The number of aryl methyl sites for hydroxylation is 1. The molecule has 0 saturated heterocycles. The molecule has 7 nitrogen and oxygen atoms in total. The molecular formula is C13H19N5O2S. The topological polar surface area (TPSA) is 99.8 Å². The second-order valence-electron chi connectivity index (χ2n) is 4.54. The number of aromatic amines is 1. The normalized spacial score (nSPS) is 11.7. The largest absolute Gasteiger partial charge is 0.316 e. The first-order valence-electron chi connectivity index (χ1n) is 6.67. The van der Waals surface area contributed by atoms with Gasteiger partial charge in [0, 0.05) is 18.3 Å². The van der Waals surface area contributed by atoms with Gasteiger partial charge >= 0.3 is 0 Å². The average molecular weight is 309 g/mol. The van der Waals surface area contributed by atoms with E-state index < -0.39 is 10.0 Å². The van der Waals surface area contributed by atoms with Crippen molar-refractivity contribution in [2.24, 2.45) is 0 Å². The van der Waals surface area contributed by atoms with Gasteiger partial charge in [-0.15, -0.1) is 0 Å². The van der Waals surface area contributed by atoms with Crippen molar-refractivity contribution in [3.8, 4) is 0 Å². The summed E-state index contributed by atoms with van der Waals surface area (Å²) in [6.45, 7) is 2.59. The van der Waals surface area contributed by atoms with Gasteiger partial charge in [-0.1, -0.05) is 13.0 Å².